The van der Waals surface area contributed by atoms with E-state index in [-0.39, 0.29) is 5.89 Å². The van der Waals surface area contributed by atoms with Gasteiger partial charge in [-0.05, 0) is 37.4 Å². The average Bonchev–Trinajstić information content (AvgIpc) is 3.12. The second-order valence-corrected chi connectivity index (χ2v) is 5.71. The summed E-state index contributed by atoms with van der Waals surface area (Å²) in [7, 11) is 0. The molecule has 0 radical (unpaired) electrons. The number of aromatic nitrogens is 3. The van der Waals surface area contributed by atoms with Crippen LogP contribution in [-0.4, -0.2) is 27.4 Å². The summed E-state index contributed by atoms with van der Waals surface area (Å²) in [6.07, 6.45) is 2.83. The molecule has 3 rings (SSSR count). The van der Waals surface area contributed by atoms with E-state index >= 15 is 0 Å². The molecule has 0 amide bonds. The Balaban J connectivity index is 1.74. The minimum Gasteiger partial charge on any atom is -0.449 e. The molecule has 6 nitrogen and oxygen atoms in total. The number of hydrogen-bond donors (Lipinski definition) is 0. The van der Waals surface area contributed by atoms with Gasteiger partial charge in [-0.1, -0.05) is 18.2 Å². The maximum absolute atomic E-state index is 12.3. The molecule has 0 bridgehead atoms. The van der Waals surface area contributed by atoms with E-state index in [1.807, 2.05) is 36.6 Å². The Morgan fingerprint density at radius 3 is 2.71 bits per heavy atom. The summed E-state index contributed by atoms with van der Waals surface area (Å²) in [4.78, 5) is 16.5. The fraction of sp³-hybridized carbons (Fsp3) is 0.176. The zero-order chi connectivity index (χ0) is 16.9. The molecule has 0 aliphatic heterocycles. The number of pyridine rings is 1. The molecule has 0 spiro atoms. The Morgan fingerprint density at radius 2 is 1.96 bits per heavy atom. The van der Waals surface area contributed by atoms with E-state index in [4.69, 9.17) is 9.15 Å². The Hall–Kier alpha value is -2.67. The van der Waals surface area contributed by atoms with E-state index in [2.05, 4.69) is 15.2 Å². The van der Waals surface area contributed by atoms with Crippen molar-refractivity contribution in [3.05, 3.63) is 60.1 Å². The maximum atomic E-state index is 12.3. The Labute approximate surface area is 143 Å². The van der Waals surface area contributed by atoms with Crippen LogP contribution in [0.2, 0.25) is 0 Å². The third kappa shape index (κ3) is 3.46. The number of rotatable bonds is 5. The predicted octanol–water partition coefficient (Wildman–Crippen LogP) is 3.77. The van der Waals surface area contributed by atoms with Crippen LogP contribution in [0.15, 0.2) is 58.1 Å². The molecule has 0 unspecified atom stereocenters. The molecule has 2 aromatic heterocycles. The first-order valence-electron chi connectivity index (χ1n) is 7.28. The van der Waals surface area contributed by atoms with Crippen molar-refractivity contribution in [1.82, 2.24) is 15.2 Å². The van der Waals surface area contributed by atoms with E-state index in [9.17, 15) is 4.79 Å². The molecule has 0 fully saturated rings. The largest absolute Gasteiger partial charge is 0.449 e. The minimum absolute atomic E-state index is 0.247. The summed E-state index contributed by atoms with van der Waals surface area (Å²) in [6.45, 7) is 1.69. The molecule has 3 aromatic rings. The number of hydrogen-bond acceptors (Lipinski definition) is 7. The first-order valence-corrected chi connectivity index (χ1v) is 8.50. The van der Waals surface area contributed by atoms with Crippen LogP contribution < -0.4 is 0 Å². The monoisotopic (exact) mass is 341 g/mol. The van der Waals surface area contributed by atoms with Crippen molar-refractivity contribution in [3.8, 4) is 11.5 Å². The first-order chi connectivity index (χ1) is 11.7. The van der Waals surface area contributed by atoms with Gasteiger partial charge in [-0.15, -0.1) is 22.0 Å². The number of ether oxygens (including phenoxy) is 1. The van der Waals surface area contributed by atoms with E-state index in [1.165, 1.54) is 11.8 Å². The normalized spacial score (nSPS) is 11.9. The van der Waals surface area contributed by atoms with Gasteiger partial charge in [0.15, 0.2) is 6.10 Å². The van der Waals surface area contributed by atoms with Crippen molar-refractivity contribution in [1.29, 1.82) is 0 Å². The lowest BCUT2D eigenvalue weighted by molar-refractivity contribution is 0.0275. The second kappa shape index (κ2) is 7.27. The van der Waals surface area contributed by atoms with Gasteiger partial charge in [0.1, 0.15) is 5.03 Å². The van der Waals surface area contributed by atoms with Crippen LogP contribution in [0.1, 0.15) is 29.3 Å². The van der Waals surface area contributed by atoms with Gasteiger partial charge in [-0.3, -0.25) is 0 Å². The highest BCUT2D eigenvalue weighted by Gasteiger charge is 2.21. The SMILES string of the molecule is CSc1ncccc1C(=O)O[C@@H](C)c1nnc(-c2ccccc2)o1. The fourth-order valence-electron chi connectivity index (χ4n) is 2.08. The standard InChI is InChI=1S/C17H15N3O3S/c1-11(22-17(21)13-9-6-10-18-16(13)24-2)14-19-20-15(23-14)12-7-4-3-5-8-12/h3-11H,1-2H3/t11-/m0/s1. The number of carbonyl (C=O) groups excluding carboxylic acids is 1. The van der Waals surface area contributed by atoms with Crippen molar-refractivity contribution in [3.63, 3.8) is 0 Å². The summed E-state index contributed by atoms with van der Waals surface area (Å²) in [5.74, 6) is 0.163. The van der Waals surface area contributed by atoms with Gasteiger partial charge in [0, 0.05) is 11.8 Å². The number of thioether (sulfide) groups is 1. The average molecular weight is 341 g/mol. The summed E-state index contributed by atoms with van der Waals surface area (Å²) < 4.78 is 11.0. The molecular formula is C17H15N3O3S. The van der Waals surface area contributed by atoms with Gasteiger partial charge in [0.05, 0.1) is 5.56 Å². The van der Waals surface area contributed by atoms with Gasteiger partial charge in [-0.25, -0.2) is 9.78 Å². The van der Waals surface area contributed by atoms with Crippen molar-refractivity contribution in [2.24, 2.45) is 0 Å². The number of carbonyl (C=O) groups is 1. The van der Waals surface area contributed by atoms with Crippen LogP contribution in [0.4, 0.5) is 0 Å². The zero-order valence-corrected chi connectivity index (χ0v) is 14.0. The summed E-state index contributed by atoms with van der Waals surface area (Å²) >= 11 is 1.38. The zero-order valence-electron chi connectivity index (χ0n) is 13.2. The molecule has 122 valence electrons. The van der Waals surface area contributed by atoms with E-state index in [0.29, 0.717) is 16.5 Å². The van der Waals surface area contributed by atoms with Gasteiger partial charge in [0.2, 0.25) is 5.89 Å². The number of benzene rings is 1. The van der Waals surface area contributed by atoms with Crippen LogP contribution in [-0.2, 0) is 4.74 Å². The van der Waals surface area contributed by atoms with E-state index < -0.39 is 12.1 Å². The first kappa shape index (κ1) is 16.2. The molecule has 7 heteroatoms. The highest BCUT2D eigenvalue weighted by Crippen LogP contribution is 2.24. The van der Waals surface area contributed by atoms with Crippen molar-refractivity contribution < 1.29 is 13.9 Å². The molecule has 0 N–H and O–H groups in total. The smallest absolute Gasteiger partial charge is 0.341 e. The van der Waals surface area contributed by atoms with E-state index in [0.717, 1.165) is 5.56 Å². The highest BCUT2D eigenvalue weighted by molar-refractivity contribution is 7.98. The molecule has 0 saturated heterocycles. The molecule has 0 saturated carbocycles. The van der Waals surface area contributed by atoms with Crippen molar-refractivity contribution >= 4 is 17.7 Å². The molecule has 1 atom stereocenters. The summed E-state index contributed by atoms with van der Waals surface area (Å²) in [5, 5.41) is 8.58. The van der Waals surface area contributed by atoms with Gasteiger partial charge >= 0.3 is 5.97 Å². The van der Waals surface area contributed by atoms with Crippen LogP contribution in [0.3, 0.4) is 0 Å². The van der Waals surface area contributed by atoms with Crippen molar-refractivity contribution in [2.75, 3.05) is 6.26 Å². The van der Waals surface area contributed by atoms with Crippen molar-refractivity contribution in [2.45, 2.75) is 18.1 Å². The van der Waals surface area contributed by atoms with Crippen LogP contribution >= 0.6 is 11.8 Å². The summed E-state index contributed by atoms with van der Waals surface area (Å²) in [5.41, 5.74) is 1.23. The molecule has 2 heterocycles. The fourth-order valence-corrected chi connectivity index (χ4v) is 2.62. The number of nitrogens with zero attached hydrogens (tertiary/aromatic N) is 3. The molecular weight excluding hydrogens is 326 g/mol. The maximum Gasteiger partial charge on any atom is 0.341 e. The highest BCUT2D eigenvalue weighted by atomic mass is 32.2. The van der Waals surface area contributed by atoms with Crippen LogP contribution in [0, 0.1) is 0 Å². The Bertz CT molecular complexity index is 836. The van der Waals surface area contributed by atoms with Gasteiger partial charge in [0.25, 0.3) is 5.89 Å². The quantitative estimate of drug-likeness (QED) is 0.516. The van der Waals surface area contributed by atoms with Gasteiger partial charge < -0.3 is 9.15 Å². The Morgan fingerprint density at radius 1 is 1.17 bits per heavy atom. The molecule has 0 aliphatic carbocycles. The minimum atomic E-state index is -0.655. The predicted molar refractivity (Wildman–Crippen MR) is 89.6 cm³/mol. The lowest BCUT2D eigenvalue weighted by atomic mass is 10.2. The lowest BCUT2D eigenvalue weighted by Crippen LogP contribution is -2.11. The third-order valence-corrected chi connectivity index (χ3v) is 3.99. The lowest BCUT2D eigenvalue weighted by Gasteiger charge is -2.10. The second-order valence-electron chi connectivity index (χ2n) is 4.92. The molecule has 0 aliphatic rings. The van der Waals surface area contributed by atoms with E-state index in [1.54, 1.807) is 25.3 Å². The Kier molecular flexibility index (Phi) is 4.90. The number of esters is 1. The van der Waals surface area contributed by atoms with Crippen LogP contribution in [0.5, 0.6) is 0 Å². The third-order valence-electron chi connectivity index (χ3n) is 3.28. The molecule has 24 heavy (non-hydrogen) atoms. The van der Waals surface area contributed by atoms with Gasteiger partial charge in [-0.2, -0.15) is 0 Å². The van der Waals surface area contributed by atoms with Crippen LogP contribution in [0.25, 0.3) is 11.5 Å². The summed E-state index contributed by atoms with van der Waals surface area (Å²) in [6, 6.07) is 12.8. The molecule has 1 aromatic carbocycles. The topological polar surface area (TPSA) is 78.1 Å².